The van der Waals surface area contributed by atoms with E-state index in [9.17, 15) is 0 Å². The number of nitrogens with one attached hydrogen (secondary N) is 1. The van der Waals surface area contributed by atoms with Crippen molar-refractivity contribution in [2.45, 2.75) is 26.7 Å². The molecule has 1 N–H and O–H groups in total. The highest BCUT2D eigenvalue weighted by atomic mass is 16.3. The van der Waals surface area contributed by atoms with Crippen molar-refractivity contribution in [1.29, 1.82) is 0 Å². The second-order valence-electron chi connectivity index (χ2n) is 6.55. The SMILES string of the molecule is Cc1cccc2nc(-c3ccco3)c(Nc3ccc(C(C)C)cc3)n12. The van der Waals surface area contributed by atoms with Crippen molar-refractivity contribution in [2.75, 3.05) is 5.32 Å². The molecule has 0 fully saturated rings. The smallest absolute Gasteiger partial charge is 0.156 e. The summed E-state index contributed by atoms with van der Waals surface area (Å²) < 4.78 is 7.72. The first-order valence-electron chi connectivity index (χ1n) is 8.52. The van der Waals surface area contributed by atoms with E-state index < -0.39 is 0 Å². The van der Waals surface area contributed by atoms with Crippen LogP contribution >= 0.6 is 0 Å². The number of pyridine rings is 1. The minimum Gasteiger partial charge on any atom is -0.463 e. The number of aromatic nitrogens is 2. The maximum atomic E-state index is 5.60. The molecule has 0 spiro atoms. The molecule has 0 atom stereocenters. The second-order valence-corrected chi connectivity index (χ2v) is 6.55. The van der Waals surface area contributed by atoms with Crippen molar-refractivity contribution in [2.24, 2.45) is 0 Å². The zero-order valence-electron chi connectivity index (χ0n) is 14.7. The molecular formula is C21H21N3O. The van der Waals surface area contributed by atoms with Crippen LogP contribution < -0.4 is 5.32 Å². The molecule has 0 saturated carbocycles. The van der Waals surface area contributed by atoms with Crippen LogP contribution in [0.2, 0.25) is 0 Å². The Balaban J connectivity index is 1.83. The Morgan fingerprint density at radius 1 is 1.00 bits per heavy atom. The molecular weight excluding hydrogens is 310 g/mol. The zero-order valence-corrected chi connectivity index (χ0v) is 14.7. The van der Waals surface area contributed by atoms with Gasteiger partial charge in [-0.3, -0.25) is 4.40 Å². The molecule has 4 nitrogen and oxygen atoms in total. The summed E-state index contributed by atoms with van der Waals surface area (Å²) >= 11 is 0. The monoisotopic (exact) mass is 331 g/mol. The first-order valence-corrected chi connectivity index (χ1v) is 8.52. The molecule has 4 heteroatoms. The van der Waals surface area contributed by atoms with Crippen LogP contribution in [0.1, 0.15) is 31.0 Å². The molecule has 0 bridgehead atoms. The molecule has 0 radical (unpaired) electrons. The summed E-state index contributed by atoms with van der Waals surface area (Å²) in [6, 6.07) is 18.5. The van der Waals surface area contributed by atoms with E-state index in [2.05, 4.69) is 60.8 Å². The quantitative estimate of drug-likeness (QED) is 0.516. The van der Waals surface area contributed by atoms with Crippen molar-refractivity contribution in [3.63, 3.8) is 0 Å². The van der Waals surface area contributed by atoms with Crippen LogP contribution in [0, 0.1) is 6.92 Å². The minimum atomic E-state index is 0.519. The molecule has 0 aliphatic rings. The van der Waals surface area contributed by atoms with E-state index in [1.165, 1.54) is 5.56 Å². The summed E-state index contributed by atoms with van der Waals surface area (Å²) in [5.41, 5.74) is 5.18. The Hall–Kier alpha value is -3.01. The molecule has 3 aromatic heterocycles. The number of anilines is 2. The first kappa shape index (κ1) is 15.5. The van der Waals surface area contributed by atoms with E-state index in [1.807, 2.05) is 24.3 Å². The molecule has 0 unspecified atom stereocenters. The van der Waals surface area contributed by atoms with E-state index in [0.717, 1.165) is 34.3 Å². The van der Waals surface area contributed by atoms with Crippen LogP contribution in [-0.2, 0) is 0 Å². The van der Waals surface area contributed by atoms with Crippen molar-refractivity contribution in [3.8, 4) is 11.5 Å². The van der Waals surface area contributed by atoms with Crippen molar-refractivity contribution >= 4 is 17.2 Å². The summed E-state index contributed by atoms with van der Waals surface area (Å²) in [5.74, 6) is 2.19. The van der Waals surface area contributed by atoms with Gasteiger partial charge in [0.25, 0.3) is 0 Å². The summed E-state index contributed by atoms with van der Waals surface area (Å²) in [6.07, 6.45) is 1.67. The van der Waals surface area contributed by atoms with Crippen LogP contribution in [0.4, 0.5) is 11.5 Å². The predicted octanol–water partition coefficient (Wildman–Crippen LogP) is 5.77. The molecule has 3 heterocycles. The maximum Gasteiger partial charge on any atom is 0.156 e. The number of rotatable bonds is 4. The molecule has 4 rings (SSSR count). The van der Waals surface area contributed by atoms with E-state index in [0.29, 0.717) is 5.92 Å². The molecule has 0 aliphatic carbocycles. The largest absolute Gasteiger partial charge is 0.463 e. The van der Waals surface area contributed by atoms with Gasteiger partial charge in [-0.1, -0.05) is 32.0 Å². The van der Waals surface area contributed by atoms with Gasteiger partial charge in [0.05, 0.1) is 6.26 Å². The Labute approximate surface area is 147 Å². The van der Waals surface area contributed by atoms with Crippen LogP contribution in [-0.4, -0.2) is 9.38 Å². The zero-order chi connectivity index (χ0) is 17.4. The Morgan fingerprint density at radius 3 is 2.48 bits per heavy atom. The topological polar surface area (TPSA) is 42.5 Å². The number of nitrogens with zero attached hydrogens (tertiary/aromatic N) is 2. The van der Waals surface area contributed by atoms with Gasteiger partial charge in [0.15, 0.2) is 5.76 Å². The van der Waals surface area contributed by atoms with Crippen LogP contribution in [0.3, 0.4) is 0 Å². The molecule has 0 saturated heterocycles. The van der Waals surface area contributed by atoms with Gasteiger partial charge in [-0.25, -0.2) is 4.98 Å². The number of hydrogen-bond acceptors (Lipinski definition) is 3. The molecule has 25 heavy (non-hydrogen) atoms. The lowest BCUT2D eigenvalue weighted by molar-refractivity contribution is 0.581. The Bertz CT molecular complexity index is 996. The lowest BCUT2D eigenvalue weighted by Gasteiger charge is -2.11. The third-order valence-corrected chi connectivity index (χ3v) is 4.43. The fourth-order valence-electron chi connectivity index (χ4n) is 3.04. The van der Waals surface area contributed by atoms with Gasteiger partial charge in [0, 0.05) is 11.4 Å². The average Bonchev–Trinajstić information content (AvgIpc) is 3.24. The van der Waals surface area contributed by atoms with Crippen molar-refractivity contribution in [1.82, 2.24) is 9.38 Å². The van der Waals surface area contributed by atoms with Crippen molar-refractivity contribution < 1.29 is 4.42 Å². The van der Waals surface area contributed by atoms with Crippen molar-refractivity contribution in [3.05, 3.63) is 72.1 Å². The van der Waals surface area contributed by atoms with Gasteiger partial charge in [0.2, 0.25) is 0 Å². The first-order chi connectivity index (χ1) is 12.1. The summed E-state index contributed by atoms with van der Waals surface area (Å²) in [5, 5.41) is 3.53. The highest BCUT2D eigenvalue weighted by Gasteiger charge is 2.17. The number of imidazole rings is 1. The fourth-order valence-corrected chi connectivity index (χ4v) is 3.04. The highest BCUT2D eigenvalue weighted by Crippen LogP contribution is 2.32. The summed E-state index contributed by atoms with van der Waals surface area (Å²) in [7, 11) is 0. The number of furan rings is 1. The van der Waals surface area contributed by atoms with Crippen LogP contribution in [0.25, 0.3) is 17.1 Å². The van der Waals surface area contributed by atoms with Crippen LogP contribution in [0.5, 0.6) is 0 Å². The van der Waals surface area contributed by atoms with E-state index in [1.54, 1.807) is 6.26 Å². The minimum absolute atomic E-state index is 0.519. The summed E-state index contributed by atoms with van der Waals surface area (Å²) in [6.45, 7) is 6.48. The lowest BCUT2D eigenvalue weighted by atomic mass is 10.0. The third kappa shape index (κ3) is 2.80. The summed E-state index contributed by atoms with van der Waals surface area (Å²) in [4.78, 5) is 4.76. The maximum absolute atomic E-state index is 5.60. The van der Waals surface area contributed by atoms with E-state index in [4.69, 9.17) is 9.40 Å². The van der Waals surface area contributed by atoms with Gasteiger partial charge < -0.3 is 9.73 Å². The van der Waals surface area contributed by atoms with Gasteiger partial charge in [-0.2, -0.15) is 0 Å². The predicted molar refractivity (Wildman–Crippen MR) is 101 cm³/mol. The van der Waals surface area contributed by atoms with Crippen LogP contribution in [0.15, 0.2) is 65.3 Å². The highest BCUT2D eigenvalue weighted by molar-refractivity contribution is 5.77. The number of hydrogen-bond donors (Lipinski definition) is 1. The molecule has 0 amide bonds. The van der Waals surface area contributed by atoms with Gasteiger partial charge in [-0.05, 0) is 54.8 Å². The second kappa shape index (κ2) is 6.13. The standard InChI is InChI=1S/C21H21N3O/c1-14(2)16-9-11-17(12-10-16)22-21-20(18-7-5-13-25-18)23-19-8-4-6-15(3)24(19)21/h4-14,22H,1-3H3. The number of aryl methyl sites for hydroxylation is 1. The normalized spacial score (nSPS) is 11.4. The molecule has 1 aromatic carbocycles. The number of fused-ring (bicyclic) bond motifs is 1. The molecule has 4 aromatic rings. The third-order valence-electron chi connectivity index (χ3n) is 4.43. The van der Waals surface area contributed by atoms with E-state index in [-0.39, 0.29) is 0 Å². The number of benzene rings is 1. The van der Waals surface area contributed by atoms with Gasteiger partial charge in [0.1, 0.15) is 17.2 Å². The van der Waals surface area contributed by atoms with Gasteiger partial charge in [-0.15, -0.1) is 0 Å². The van der Waals surface area contributed by atoms with Gasteiger partial charge >= 0.3 is 0 Å². The molecule has 0 aliphatic heterocycles. The Kier molecular flexibility index (Phi) is 3.80. The molecule has 126 valence electrons. The fraction of sp³-hybridized carbons (Fsp3) is 0.190. The lowest BCUT2D eigenvalue weighted by Crippen LogP contribution is -1.99. The Morgan fingerprint density at radius 2 is 1.80 bits per heavy atom. The van der Waals surface area contributed by atoms with E-state index >= 15 is 0 Å². The average molecular weight is 331 g/mol.